The molecule has 0 rings (SSSR count). The molecule has 0 aromatic rings. The topological polar surface area (TPSA) is 48.1 Å². The average Bonchev–Trinajstić information content (AvgIpc) is 2.52. The molecule has 0 aromatic carbocycles. The lowest BCUT2D eigenvalue weighted by Gasteiger charge is -2.13. The highest BCUT2D eigenvalue weighted by molar-refractivity contribution is 4.61. The van der Waals surface area contributed by atoms with Crippen molar-refractivity contribution < 1.29 is 0 Å². The van der Waals surface area contributed by atoms with Crippen LogP contribution < -0.4 is 21.3 Å². The predicted molar refractivity (Wildman–Crippen MR) is 104 cm³/mol. The molecule has 0 fully saturated rings. The lowest BCUT2D eigenvalue weighted by molar-refractivity contribution is 0.484. The first-order chi connectivity index (χ1) is 11.2. The second-order valence-electron chi connectivity index (χ2n) is 6.85. The molecule has 0 amide bonds. The van der Waals surface area contributed by atoms with E-state index in [0.29, 0.717) is 12.1 Å². The monoisotopic (exact) mass is 328 g/mol. The zero-order valence-electron chi connectivity index (χ0n) is 16.3. The van der Waals surface area contributed by atoms with E-state index in [4.69, 9.17) is 0 Å². The van der Waals surface area contributed by atoms with E-state index in [0.717, 1.165) is 39.3 Å². The van der Waals surface area contributed by atoms with Crippen LogP contribution in [-0.2, 0) is 0 Å². The Morgan fingerprint density at radius 1 is 0.565 bits per heavy atom. The van der Waals surface area contributed by atoms with Crippen LogP contribution >= 0.6 is 0 Å². The van der Waals surface area contributed by atoms with Crippen molar-refractivity contribution in [1.29, 1.82) is 0 Å². The Balaban J connectivity index is 3.08. The van der Waals surface area contributed by atoms with Crippen LogP contribution in [0.4, 0.5) is 0 Å². The summed E-state index contributed by atoms with van der Waals surface area (Å²) in [6.45, 7) is 15.8. The second-order valence-corrected chi connectivity index (χ2v) is 6.85. The van der Waals surface area contributed by atoms with Gasteiger partial charge in [0.25, 0.3) is 0 Å². The third kappa shape index (κ3) is 18.0. The van der Waals surface area contributed by atoms with Crippen LogP contribution in [-0.4, -0.2) is 51.4 Å². The molecule has 4 nitrogen and oxygen atoms in total. The van der Waals surface area contributed by atoms with Crippen molar-refractivity contribution in [3.05, 3.63) is 0 Å². The maximum Gasteiger partial charge on any atom is 0.00386 e. The first-order valence-electron chi connectivity index (χ1n) is 10.1. The maximum atomic E-state index is 3.57. The summed E-state index contributed by atoms with van der Waals surface area (Å²) in [5, 5.41) is 14.2. The van der Waals surface area contributed by atoms with Gasteiger partial charge in [0.05, 0.1) is 0 Å². The molecule has 2 atom stereocenters. The van der Waals surface area contributed by atoms with E-state index in [2.05, 4.69) is 49.0 Å². The highest BCUT2D eigenvalue weighted by Gasteiger charge is 1.99. The molecule has 0 aromatic heterocycles. The summed E-state index contributed by atoms with van der Waals surface area (Å²) < 4.78 is 0. The largest absolute Gasteiger partial charge is 0.317 e. The Morgan fingerprint density at radius 3 is 1.26 bits per heavy atom. The van der Waals surface area contributed by atoms with Gasteiger partial charge in [-0.3, -0.25) is 0 Å². The number of hydrogen-bond donors (Lipinski definition) is 4. The quantitative estimate of drug-likeness (QED) is 0.292. The minimum absolute atomic E-state index is 0.670. The van der Waals surface area contributed by atoms with Crippen molar-refractivity contribution in [2.45, 2.75) is 84.7 Å². The van der Waals surface area contributed by atoms with Crippen molar-refractivity contribution in [3.8, 4) is 0 Å². The Morgan fingerprint density at radius 2 is 0.913 bits per heavy atom. The molecule has 0 bridgehead atoms. The zero-order valence-corrected chi connectivity index (χ0v) is 16.3. The zero-order chi connectivity index (χ0) is 17.2. The first-order valence-corrected chi connectivity index (χ1v) is 10.1. The Labute approximate surface area is 146 Å². The van der Waals surface area contributed by atoms with Gasteiger partial charge in [0.2, 0.25) is 0 Å². The molecular weight excluding hydrogens is 284 g/mol. The fourth-order valence-electron chi connectivity index (χ4n) is 2.78. The molecule has 0 saturated heterocycles. The summed E-state index contributed by atoms with van der Waals surface area (Å²) in [5.41, 5.74) is 0. The van der Waals surface area contributed by atoms with E-state index in [1.54, 1.807) is 0 Å². The molecular formula is C19H44N4. The molecule has 140 valence electrons. The van der Waals surface area contributed by atoms with Gasteiger partial charge in [-0.05, 0) is 85.2 Å². The molecule has 0 spiro atoms. The van der Waals surface area contributed by atoms with Gasteiger partial charge in [0, 0.05) is 12.1 Å². The van der Waals surface area contributed by atoms with E-state index in [1.165, 1.54) is 44.9 Å². The fourth-order valence-corrected chi connectivity index (χ4v) is 2.78. The molecule has 23 heavy (non-hydrogen) atoms. The van der Waals surface area contributed by atoms with Gasteiger partial charge in [0.15, 0.2) is 0 Å². The maximum absolute atomic E-state index is 3.57. The van der Waals surface area contributed by atoms with Crippen LogP contribution in [0.3, 0.4) is 0 Å². The second kappa shape index (κ2) is 18.2. The highest BCUT2D eigenvalue weighted by atomic mass is 14.9. The molecule has 0 aliphatic rings. The number of nitrogens with one attached hydrogen (secondary N) is 4. The van der Waals surface area contributed by atoms with Crippen molar-refractivity contribution in [1.82, 2.24) is 21.3 Å². The summed E-state index contributed by atoms with van der Waals surface area (Å²) in [7, 11) is 0. The molecule has 4 heteroatoms. The predicted octanol–water partition coefficient (Wildman–Crippen LogP) is 2.89. The molecule has 0 saturated carbocycles. The highest BCUT2D eigenvalue weighted by Crippen LogP contribution is 1.94. The molecule has 2 unspecified atom stereocenters. The van der Waals surface area contributed by atoms with Crippen LogP contribution in [0.15, 0.2) is 0 Å². The van der Waals surface area contributed by atoms with Crippen LogP contribution in [0.2, 0.25) is 0 Å². The normalized spacial score (nSPS) is 14.1. The van der Waals surface area contributed by atoms with Crippen molar-refractivity contribution in [3.63, 3.8) is 0 Å². The third-order valence-corrected chi connectivity index (χ3v) is 4.20. The van der Waals surface area contributed by atoms with E-state index in [1.807, 2.05) is 0 Å². The van der Waals surface area contributed by atoms with Crippen LogP contribution in [0, 0.1) is 0 Å². The number of rotatable bonds is 18. The number of hydrogen-bond acceptors (Lipinski definition) is 4. The fraction of sp³-hybridized carbons (Fsp3) is 1.00. The Kier molecular flexibility index (Phi) is 18.1. The van der Waals surface area contributed by atoms with E-state index < -0.39 is 0 Å². The first kappa shape index (κ1) is 22.8. The summed E-state index contributed by atoms with van der Waals surface area (Å²) >= 11 is 0. The molecule has 0 heterocycles. The standard InChI is InChI=1S/C19H44N4/c1-5-10-18(3)22-16-8-14-20-12-7-13-21-15-9-17-23-19(4)11-6-2/h18-23H,5-17H2,1-4H3. The molecule has 4 N–H and O–H groups in total. The third-order valence-electron chi connectivity index (χ3n) is 4.20. The van der Waals surface area contributed by atoms with Crippen molar-refractivity contribution in [2.75, 3.05) is 39.3 Å². The van der Waals surface area contributed by atoms with E-state index in [-0.39, 0.29) is 0 Å². The lowest BCUT2D eigenvalue weighted by Crippen LogP contribution is -2.30. The Bertz CT molecular complexity index is 201. The SMILES string of the molecule is CCCC(C)NCCCNCCCNCCCNC(C)CCC. The van der Waals surface area contributed by atoms with Gasteiger partial charge < -0.3 is 21.3 Å². The van der Waals surface area contributed by atoms with Gasteiger partial charge >= 0.3 is 0 Å². The van der Waals surface area contributed by atoms with Crippen molar-refractivity contribution >= 4 is 0 Å². The van der Waals surface area contributed by atoms with Gasteiger partial charge in [-0.2, -0.15) is 0 Å². The minimum Gasteiger partial charge on any atom is -0.317 e. The average molecular weight is 329 g/mol. The molecule has 0 aliphatic heterocycles. The lowest BCUT2D eigenvalue weighted by atomic mass is 10.2. The van der Waals surface area contributed by atoms with Crippen molar-refractivity contribution in [2.24, 2.45) is 0 Å². The smallest absolute Gasteiger partial charge is 0.00386 e. The van der Waals surface area contributed by atoms with Crippen LogP contribution in [0.1, 0.15) is 72.6 Å². The van der Waals surface area contributed by atoms with Gasteiger partial charge in [-0.15, -0.1) is 0 Å². The van der Waals surface area contributed by atoms with Gasteiger partial charge in [-0.1, -0.05) is 26.7 Å². The summed E-state index contributed by atoms with van der Waals surface area (Å²) in [6, 6.07) is 1.34. The summed E-state index contributed by atoms with van der Waals surface area (Å²) in [5.74, 6) is 0. The molecule has 0 aliphatic carbocycles. The van der Waals surface area contributed by atoms with Gasteiger partial charge in [-0.25, -0.2) is 0 Å². The summed E-state index contributed by atoms with van der Waals surface area (Å²) in [4.78, 5) is 0. The van der Waals surface area contributed by atoms with E-state index in [9.17, 15) is 0 Å². The van der Waals surface area contributed by atoms with Crippen LogP contribution in [0.25, 0.3) is 0 Å². The van der Waals surface area contributed by atoms with Crippen LogP contribution in [0.5, 0.6) is 0 Å². The Hall–Kier alpha value is -0.160. The minimum atomic E-state index is 0.670. The molecule has 0 radical (unpaired) electrons. The van der Waals surface area contributed by atoms with Gasteiger partial charge in [0.1, 0.15) is 0 Å². The summed E-state index contributed by atoms with van der Waals surface area (Å²) in [6.07, 6.45) is 8.78. The van der Waals surface area contributed by atoms with E-state index >= 15 is 0 Å².